The van der Waals surface area contributed by atoms with Crippen LogP contribution in [0.1, 0.15) is 71.1 Å². The van der Waals surface area contributed by atoms with Gasteiger partial charge in [-0.05, 0) is 119 Å². The number of hydrogen-bond donors (Lipinski definition) is 0. The fourth-order valence-corrected chi connectivity index (χ4v) is 17.5. The van der Waals surface area contributed by atoms with Crippen LogP contribution in [-0.2, 0) is 4.43 Å². The molecule has 4 saturated carbocycles. The first-order valence-corrected chi connectivity index (χ1v) is 22.7. The van der Waals surface area contributed by atoms with Gasteiger partial charge in [-0.25, -0.2) is 0 Å². The van der Waals surface area contributed by atoms with Crippen LogP contribution in [0.5, 0.6) is 0 Å². The van der Waals surface area contributed by atoms with Crippen molar-refractivity contribution in [2.45, 2.75) is 71.1 Å². The maximum Gasteiger partial charge on any atom is 0.288 e. The number of rotatable bonds is 10. The number of allylic oxidation sites excluding steroid dienone is 8. The van der Waals surface area contributed by atoms with E-state index in [-0.39, 0.29) is 5.41 Å². The van der Waals surface area contributed by atoms with E-state index in [0.29, 0.717) is 23.7 Å². The molecule has 9 rings (SSSR count). The Morgan fingerprint density at radius 1 is 0.510 bits per heavy atom. The van der Waals surface area contributed by atoms with E-state index in [1.54, 1.807) is 0 Å². The van der Waals surface area contributed by atoms with Gasteiger partial charge in [-0.2, -0.15) is 0 Å². The van der Waals surface area contributed by atoms with Crippen molar-refractivity contribution in [3.05, 3.63) is 140 Å². The third kappa shape index (κ3) is 5.57. The second-order valence-corrected chi connectivity index (χ2v) is 20.5. The number of hydrogen-bond acceptors (Lipinski definition) is 1. The lowest BCUT2D eigenvalue weighted by Crippen LogP contribution is -2.69. The molecule has 0 spiro atoms. The van der Waals surface area contributed by atoms with E-state index in [2.05, 4.69) is 147 Å². The third-order valence-corrected chi connectivity index (χ3v) is 19.4. The van der Waals surface area contributed by atoms with Gasteiger partial charge in [0.15, 0.2) is 0 Å². The molecule has 0 aliphatic heterocycles. The SMILES string of the molecule is CCC(CCO[Si](c1ccccc1)(c1ccccc1)c1ccccc1)(C1C2C=CC=CC2C2CCCCC21)C1C2C=CC=CC2C2CCCCC21. The van der Waals surface area contributed by atoms with Crippen molar-refractivity contribution in [2.24, 2.45) is 64.6 Å². The average molecular weight is 691 g/mol. The van der Waals surface area contributed by atoms with Gasteiger partial charge in [0.1, 0.15) is 0 Å². The van der Waals surface area contributed by atoms with Gasteiger partial charge in [0.05, 0.1) is 0 Å². The van der Waals surface area contributed by atoms with Crippen molar-refractivity contribution in [3.8, 4) is 0 Å². The van der Waals surface area contributed by atoms with Crippen molar-refractivity contribution in [1.29, 1.82) is 0 Å². The Hall–Kier alpha value is -3.20. The summed E-state index contributed by atoms with van der Waals surface area (Å²) in [6, 6.07) is 33.9. The summed E-state index contributed by atoms with van der Waals surface area (Å²) < 4.78 is 7.88. The van der Waals surface area contributed by atoms with Crippen molar-refractivity contribution in [3.63, 3.8) is 0 Å². The van der Waals surface area contributed by atoms with E-state index in [4.69, 9.17) is 4.43 Å². The van der Waals surface area contributed by atoms with Gasteiger partial charge in [-0.15, -0.1) is 0 Å². The molecule has 264 valence electrons. The molecule has 10 atom stereocenters. The molecule has 6 aliphatic rings. The van der Waals surface area contributed by atoms with Crippen LogP contribution in [0.15, 0.2) is 140 Å². The van der Waals surface area contributed by atoms with Gasteiger partial charge in [0, 0.05) is 6.61 Å². The highest BCUT2D eigenvalue weighted by atomic mass is 28.4. The number of fused-ring (bicyclic) bond motifs is 6. The maximum atomic E-state index is 7.88. The maximum absolute atomic E-state index is 7.88. The van der Waals surface area contributed by atoms with Crippen LogP contribution in [0, 0.1) is 64.6 Å². The first kappa shape index (κ1) is 33.6. The van der Waals surface area contributed by atoms with Crippen molar-refractivity contribution in [2.75, 3.05) is 6.61 Å². The van der Waals surface area contributed by atoms with Gasteiger partial charge in [-0.1, -0.05) is 172 Å². The van der Waals surface area contributed by atoms with E-state index in [1.165, 1.54) is 73.3 Å². The molecule has 4 fully saturated rings. The molecule has 2 heteroatoms. The van der Waals surface area contributed by atoms with E-state index in [1.807, 2.05) is 0 Å². The second-order valence-electron chi connectivity index (χ2n) is 17.1. The Bertz CT molecular complexity index is 1580. The van der Waals surface area contributed by atoms with Gasteiger partial charge in [-0.3, -0.25) is 0 Å². The quantitative estimate of drug-likeness (QED) is 0.152. The summed E-state index contributed by atoms with van der Waals surface area (Å²) in [5.74, 6) is 7.51. The zero-order valence-electron chi connectivity index (χ0n) is 30.7. The molecule has 0 heterocycles. The lowest BCUT2D eigenvalue weighted by atomic mass is 9.51. The molecule has 0 N–H and O–H groups in total. The fraction of sp³-hybridized carbons (Fsp3) is 0.469. The first-order valence-electron chi connectivity index (χ1n) is 20.8. The zero-order chi connectivity index (χ0) is 34.3. The lowest BCUT2D eigenvalue weighted by Gasteiger charge is -2.53. The van der Waals surface area contributed by atoms with Crippen molar-refractivity contribution >= 4 is 23.9 Å². The Morgan fingerprint density at radius 3 is 1.27 bits per heavy atom. The number of benzene rings is 3. The summed E-state index contributed by atoms with van der Waals surface area (Å²) in [6.07, 6.45) is 34.1. The van der Waals surface area contributed by atoms with Crippen LogP contribution in [0.25, 0.3) is 0 Å². The van der Waals surface area contributed by atoms with Crippen LogP contribution in [-0.4, -0.2) is 14.9 Å². The Labute approximate surface area is 309 Å². The Morgan fingerprint density at radius 2 is 0.882 bits per heavy atom. The van der Waals surface area contributed by atoms with E-state index >= 15 is 0 Å². The summed E-state index contributed by atoms with van der Waals surface area (Å²) in [7, 11) is -2.80. The topological polar surface area (TPSA) is 9.23 Å². The molecular formula is C49H58OSi. The molecule has 3 aromatic carbocycles. The van der Waals surface area contributed by atoms with E-state index < -0.39 is 8.32 Å². The molecule has 10 unspecified atom stereocenters. The highest BCUT2D eigenvalue weighted by Crippen LogP contribution is 2.69. The van der Waals surface area contributed by atoms with Crippen molar-refractivity contribution < 1.29 is 4.43 Å². The van der Waals surface area contributed by atoms with E-state index in [0.717, 1.165) is 48.5 Å². The standard InChI is InChI=1S/C49H58OSi/c1-2-49(47-43-30-16-12-26-39(43)40-27-13-17-31-44(40)47,48-45-32-18-14-28-41(45)42-29-15-19-33-46(42)48)34-35-50-51(36-20-6-3-7-21-36,37-22-8-4-9-23-37)38-24-10-5-11-25-38/h3-12,14,16,18,20-26,28,30,32,39-48H,2,13,15,17,19,27,29,31,33-35H2,1H3. The van der Waals surface area contributed by atoms with E-state index in [9.17, 15) is 0 Å². The van der Waals surface area contributed by atoms with Crippen LogP contribution in [0.4, 0.5) is 0 Å². The fourth-order valence-electron chi connectivity index (χ4n) is 13.6. The highest BCUT2D eigenvalue weighted by Gasteiger charge is 2.64. The molecule has 0 saturated heterocycles. The summed E-state index contributed by atoms with van der Waals surface area (Å²) in [5.41, 5.74) is 0.231. The molecule has 6 aliphatic carbocycles. The summed E-state index contributed by atoms with van der Waals surface area (Å²) >= 11 is 0. The highest BCUT2D eigenvalue weighted by molar-refractivity contribution is 7.07. The summed E-state index contributed by atoms with van der Waals surface area (Å²) in [4.78, 5) is 0. The molecule has 3 aromatic rings. The minimum atomic E-state index is -2.80. The van der Waals surface area contributed by atoms with Gasteiger partial charge in [0.2, 0.25) is 0 Å². The monoisotopic (exact) mass is 690 g/mol. The third-order valence-electron chi connectivity index (χ3n) is 15.3. The molecule has 51 heavy (non-hydrogen) atoms. The average Bonchev–Trinajstić information content (AvgIpc) is 3.73. The van der Waals surface area contributed by atoms with Crippen molar-refractivity contribution in [1.82, 2.24) is 0 Å². The molecule has 0 amide bonds. The van der Waals surface area contributed by atoms with Gasteiger partial charge < -0.3 is 4.43 Å². The van der Waals surface area contributed by atoms with Gasteiger partial charge in [0.25, 0.3) is 8.32 Å². The largest absolute Gasteiger partial charge is 0.404 e. The normalized spacial score (nSPS) is 34.7. The minimum absolute atomic E-state index is 0.231. The Kier molecular flexibility index (Phi) is 9.44. The molecule has 0 aromatic heterocycles. The minimum Gasteiger partial charge on any atom is -0.404 e. The van der Waals surface area contributed by atoms with Crippen LogP contribution in [0.2, 0.25) is 0 Å². The van der Waals surface area contributed by atoms with Crippen LogP contribution < -0.4 is 15.6 Å². The molecule has 0 radical (unpaired) electrons. The lowest BCUT2D eigenvalue weighted by molar-refractivity contribution is -0.0456. The summed E-state index contributed by atoms with van der Waals surface area (Å²) in [6.45, 7) is 3.42. The molecular weight excluding hydrogens is 633 g/mol. The predicted octanol–water partition coefficient (Wildman–Crippen LogP) is 10.0. The summed E-state index contributed by atoms with van der Waals surface area (Å²) in [5, 5.41) is 4.06. The predicted molar refractivity (Wildman–Crippen MR) is 216 cm³/mol. The second kappa shape index (κ2) is 14.3. The molecule has 0 bridgehead atoms. The van der Waals surface area contributed by atoms with Gasteiger partial charge >= 0.3 is 0 Å². The van der Waals surface area contributed by atoms with Crippen LogP contribution >= 0.6 is 0 Å². The smallest absolute Gasteiger partial charge is 0.288 e. The first-order chi connectivity index (χ1) is 25.3. The zero-order valence-corrected chi connectivity index (χ0v) is 31.7. The molecule has 1 nitrogen and oxygen atoms in total. The van der Waals surface area contributed by atoms with Crippen LogP contribution in [0.3, 0.4) is 0 Å². The Balaban J connectivity index is 1.18.